The lowest BCUT2D eigenvalue weighted by Gasteiger charge is -2.11. The van der Waals surface area contributed by atoms with E-state index in [-0.39, 0.29) is 30.3 Å². The van der Waals surface area contributed by atoms with Gasteiger partial charge in [0.15, 0.2) is 5.13 Å². The van der Waals surface area contributed by atoms with Crippen LogP contribution in [-0.2, 0) is 9.59 Å². The zero-order valence-electron chi connectivity index (χ0n) is 10.8. The number of imide groups is 1. The highest BCUT2D eigenvalue weighted by atomic mass is 32.1. The van der Waals surface area contributed by atoms with Gasteiger partial charge in [-0.05, 0) is 12.8 Å². The molecule has 2 atom stereocenters. The Morgan fingerprint density at radius 3 is 2.70 bits per heavy atom. The number of carbonyl (C=O) groups is 2. The topological polar surface area (TPSA) is 70.5 Å². The molecule has 1 saturated carbocycles. The van der Waals surface area contributed by atoms with Gasteiger partial charge in [0.05, 0.1) is 29.5 Å². The number of fused-ring (bicyclic) bond motifs is 1. The molecule has 1 aromatic rings. The average molecular weight is 290 g/mol. The molecular weight excluding hydrogens is 276 g/mol. The van der Waals surface area contributed by atoms with Gasteiger partial charge in [-0.25, -0.2) is 9.88 Å². The Morgan fingerprint density at radius 1 is 1.35 bits per heavy atom. The van der Waals surface area contributed by atoms with Crippen LogP contribution in [0.2, 0.25) is 0 Å². The molecule has 1 saturated heterocycles. The van der Waals surface area contributed by atoms with E-state index in [0.29, 0.717) is 16.4 Å². The van der Waals surface area contributed by atoms with Crippen molar-refractivity contribution in [1.82, 2.24) is 4.98 Å². The van der Waals surface area contributed by atoms with E-state index in [1.807, 2.05) is 0 Å². The Kier molecular flexibility index (Phi) is 3.55. The first-order valence-corrected chi connectivity index (χ1v) is 7.47. The SMILES string of the molecule is O=C1C2CCCC2C(=O)N1c1ncc(C#CCCO)s1. The largest absolute Gasteiger partial charge is 0.395 e. The normalized spacial score (nSPS) is 24.8. The van der Waals surface area contributed by atoms with Crippen molar-refractivity contribution in [3.05, 3.63) is 11.1 Å². The lowest BCUT2D eigenvalue weighted by molar-refractivity contribution is -0.122. The Hall–Kier alpha value is -1.71. The predicted octanol–water partition coefficient (Wildman–Crippen LogP) is 1.17. The lowest BCUT2D eigenvalue weighted by atomic mass is 10.00. The summed E-state index contributed by atoms with van der Waals surface area (Å²) in [6.07, 6.45) is 4.54. The fourth-order valence-corrected chi connectivity index (χ4v) is 3.61. The van der Waals surface area contributed by atoms with Crippen molar-refractivity contribution in [1.29, 1.82) is 0 Å². The molecule has 0 aromatic carbocycles. The maximum atomic E-state index is 12.3. The van der Waals surface area contributed by atoms with Crippen LogP contribution in [0.3, 0.4) is 0 Å². The molecule has 1 aromatic heterocycles. The number of aliphatic hydroxyl groups is 1. The molecule has 2 heterocycles. The van der Waals surface area contributed by atoms with Crippen LogP contribution in [0, 0.1) is 23.7 Å². The predicted molar refractivity (Wildman–Crippen MR) is 74.0 cm³/mol. The monoisotopic (exact) mass is 290 g/mol. The van der Waals surface area contributed by atoms with Gasteiger partial charge in [-0.2, -0.15) is 0 Å². The minimum Gasteiger partial charge on any atom is -0.395 e. The van der Waals surface area contributed by atoms with Crippen LogP contribution in [0.1, 0.15) is 30.6 Å². The summed E-state index contributed by atoms with van der Waals surface area (Å²) in [5, 5.41) is 9.09. The summed E-state index contributed by atoms with van der Waals surface area (Å²) in [6, 6.07) is 0. The summed E-state index contributed by atoms with van der Waals surface area (Å²) >= 11 is 1.24. The number of amides is 2. The molecule has 2 unspecified atom stereocenters. The van der Waals surface area contributed by atoms with Crippen LogP contribution in [0.25, 0.3) is 0 Å². The van der Waals surface area contributed by atoms with E-state index in [0.717, 1.165) is 19.3 Å². The van der Waals surface area contributed by atoms with Crippen LogP contribution in [0.5, 0.6) is 0 Å². The fourth-order valence-electron chi connectivity index (χ4n) is 2.81. The van der Waals surface area contributed by atoms with Crippen molar-refractivity contribution in [3.8, 4) is 11.8 Å². The molecule has 2 amide bonds. The number of aliphatic hydroxyl groups excluding tert-OH is 1. The first-order valence-electron chi connectivity index (χ1n) is 6.65. The second-order valence-corrected chi connectivity index (χ2v) is 5.95. The first kappa shape index (κ1) is 13.3. The summed E-state index contributed by atoms with van der Waals surface area (Å²) in [4.78, 5) is 30.6. The lowest BCUT2D eigenvalue weighted by Crippen LogP contribution is -2.31. The van der Waals surface area contributed by atoms with E-state index in [4.69, 9.17) is 5.11 Å². The Balaban J connectivity index is 1.82. The molecule has 1 aliphatic carbocycles. The number of hydrogen-bond acceptors (Lipinski definition) is 5. The van der Waals surface area contributed by atoms with Crippen molar-refractivity contribution in [2.75, 3.05) is 11.5 Å². The van der Waals surface area contributed by atoms with Gasteiger partial charge < -0.3 is 5.11 Å². The van der Waals surface area contributed by atoms with E-state index in [1.165, 1.54) is 16.2 Å². The summed E-state index contributed by atoms with van der Waals surface area (Å²) in [7, 11) is 0. The van der Waals surface area contributed by atoms with Crippen LogP contribution in [-0.4, -0.2) is 28.5 Å². The summed E-state index contributed by atoms with van der Waals surface area (Å²) in [6.45, 7) is 0.0190. The van der Waals surface area contributed by atoms with E-state index in [9.17, 15) is 9.59 Å². The van der Waals surface area contributed by atoms with Gasteiger partial charge in [0.1, 0.15) is 0 Å². The van der Waals surface area contributed by atoms with Gasteiger partial charge in [-0.15, -0.1) is 0 Å². The molecule has 2 fully saturated rings. The van der Waals surface area contributed by atoms with Crippen LogP contribution < -0.4 is 4.90 Å². The number of hydrogen-bond donors (Lipinski definition) is 1. The molecule has 0 spiro atoms. The van der Waals surface area contributed by atoms with E-state index in [2.05, 4.69) is 16.8 Å². The van der Waals surface area contributed by atoms with E-state index < -0.39 is 0 Å². The zero-order chi connectivity index (χ0) is 14.1. The third-order valence-electron chi connectivity index (χ3n) is 3.72. The third kappa shape index (κ3) is 2.13. The van der Waals surface area contributed by atoms with Crippen molar-refractivity contribution in [3.63, 3.8) is 0 Å². The maximum Gasteiger partial charge on any atom is 0.239 e. The minimum atomic E-state index is -0.143. The average Bonchev–Trinajstić information content (AvgIpc) is 3.11. The van der Waals surface area contributed by atoms with Gasteiger partial charge >= 0.3 is 0 Å². The highest BCUT2D eigenvalue weighted by Crippen LogP contribution is 2.42. The van der Waals surface area contributed by atoms with E-state index >= 15 is 0 Å². The van der Waals surface area contributed by atoms with Gasteiger partial charge in [0.25, 0.3) is 0 Å². The highest BCUT2D eigenvalue weighted by molar-refractivity contribution is 7.16. The zero-order valence-corrected chi connectivity index (χ0v) is 11.7. The molecule has 3 rings (SSSR count). The van der Waals surface area contributed by atoms with Gasteiger partial charge in [0, 0.05) is 6.42 Å². The van der Waals surface area contributed by atoms with E-state index in [1.54, 1.807) is 6.20 Å². The van der Waals surface area contributed by atoms with Crippen LogP contribution in [0.15, 0.2) is 6.20 Å². The quantitative estimate of drug-likeness (QED) is 0.655. The minimum absolute atomic E-state index is 0.0190. The molecule has 2 aliphatic rings. The van der Waals surface area contributed by atoms with Crippen molar-refractivity contribution in [2.24, 2.45) is 11.8 Å². The molecule has 1 aliphatic heterocycles. The van der Waals surface area contributed by atoms with Crippen LogP contribution >= 0.6 is 11.3 Å². The summed E-state index contributed by atoms with van der Waals surface area (Å²) < 4.78 is 0. The third-order valence-corrected chi connectivity index (χ3v) is 4.62. The highest BCUT2D eigenvalue weighted by Gasteiger charge is 2.51. The Morgan fingerprint density at radius 2 is 2.05 bits per heavy atom. The molecule has 0 bridgehead atoms. The van der Waals surface area contributed by atoms with Crippen molar-refractivity contribution < 1.29 is 14.7 Å². The van der Waals surface area contributed by atoms with Crippen molar-refractivity contribution in [2.45, 2.75) is 25.7 Å². The molecule has 0 radical (unpaired) electrons. The molecule has 20 heavy (non-hydrogen) atoms. The summed E-state index contributed by atoms with van der Waals surface area (Å²) in [5.74, 6) is 5.16. The molecule has 104 valence electrons. The molecule has 6 heteroatoms. The number of anilines is 1. The second-order valence-electron chi connectivity index (χ2n) is 4.94. The number of nitrogens with zero attached hydrogens (tertiary/aromatic N) is 2. The van der Waals surface area contributed by atoms with Crippen LogP contribution in [0.4, 0.5) is 5.13 Å². The fraction of sp³-hybridized carbons (Fsp3) is 0.500. The standard InChI is InChI=1S/C14H14N2O3S/c17-7-2-1-4-9-8-15-14(20-9)16-12(18)10-5-3-6-11(10)13(16)19/h8,10-11,17H,2-3,5-7H2. The number of rotatable bonds is 2. The number of aromatic nitrogens is 1. The maximum absolute atomic E-state index is 12.3. The number of carbonyl (C=O) groups excluding carboxylic acids is 2. The second kappa shape index (κ2) is 5.35. The van der Waals surface area contributed by atoms with Gasteiger partial charge in [-0.3, -0.25) is 9.59 Å². The summed E-state index contributed by atoms with van der Waals surface area (Å²) in [5.41, 5.74) is 0. The molecular formula is C14H14N2O3S. The number of thiazole rings is 1. The Bertz CT molecular complexity index is 591. The smallest absolute Gasteiger partial charge is 0.239 e. The van der Waals surface area contributed by atoms with Gasteiger partial charge in [-0.1, -0.05) is 29.6 Å². The molecule has 1 N–H and O–H groups in total. The first-order chi connectivity index (χ1) is 9.72. The van der Waals surface area contributed by atoms with Crippen molar-refractivity contribution >= 4 is 28.3 Å². The van der Waals surface area contributed by atoms with Gasteiger partial charge in [0.2, 0.25) is 11.8 Å². The molecule has 5 nitrogen and oxygen atoms in total. The Labute approximate surface area is 120 Å².